The largest absolute Gasteiger partial charge is 1.00 e. The predicted octanol–water partition coefficient (Wildman–Crippen LogP) is -0.227. The summed E-state index contributed by atoms with van der Waals surface area (Å²) in [5.74, 6) is 0. The summed E-state index contributed by atoms with van der Waals surface area (Å²) in [7, 11) is 0. The average molecular weight is 181 g/mol. The molecule has 0 atom stereocenters. The molecule has 0 spiro atoms. The topological polar surface area (TPSA) is 0 Å². The number of hydrogen-bond acceptors (Lipinski definition) is 0. The third-order valence-corrected chi connectivity index (χ3v) is 0.471. The summed E-state index contributed by atoms with van der Waals surface area (Å²) in [6.07, 6.45) is 5.19. The minimum Gasteiger partial charge on any atom is -0.518 e. The van der Waals surface area contributed by atoms with Gasteiger partial charge >= 0.3 is 35.9 Å². The average Bonchev–Trinajstić information content (AvgIpc) is 1.88. The van der Waals surface area contributed by atoms with Gasteiger partial charge < -0.3 is 13.2 Å². The van der Waals surface area contributed by atoms with Crippen LogP contribution in [0.5, 0.6) is 0 Å². The van der Waals surface area contributed by atoms with Crippen LogP contribution in [0.2, 0.25) is 0 Å². The first-order chi connectivity index (χ1) is 3.83. The molecule has 2 heteroatoms. The van der Waals surface area contributed by atoms with Crippen LogP contribution in [0.15, 0.2) is 12.2 Å². The molecule has 0 radical (unpaired) electrons. The summed E-state index contributed by atoms with van der Waals surface area (Å²) >= 11 is 0. The molecule has 0 aliphatic carbocycles. The summed E-state index contributed by atoms with van der Waals surface area (Å²) in [6, 6.07) is 0. The normalized spacial score (nSPS) is 5.00. The fourth-order valence-electron chi connectivity index (χ4n) is 0. The smallest absolute Gasteiger partial charge is 0.518 e. The van der Waals surface area contributed by atoms with Gasteiger partial charge in [-0.1, -0.05) is 26.7 Å². The molecule has 0 rings (SSSR count). The Hall–Kier alpha value is 0.597. The van der Waals surface area contributed by atoms with Crippen LogP contribution in [0.4, 0.5) is 0 Å². The molecule has 0 saturated carbocycles. The molecule has 0 amide bonds. The Bertz CT molecular complexity index is 45.2. The van der Waals surface area contributed by atoms with Gasteiger partial charge in [0.25, 0.3) is 0 Å². The molecule has 0 aliphatic heterocycles. The Balaban J connectivity index is -0.0000000300. The van der Waals surface area contributed by atoms with E-state index in [0.29, 0.717) is 0 Å². The van der Waals surface area contributed by atoms with Crippen molar-refractivity contribution in [1.82, 2.24) is 0 Å². The zero-order chi connectivity index (χ0) is 6.83. The van der Waals surface area contributed by atoms with E-state index in [1.807, 2.05) is 13.8 Å². The van der Waals surface area contributed by atoms with Crippen LogP contribution in [0.25, 0.3) is 0 Å². The molecule has 0 unspecified atom stereocenters. The SMILES string of the molecule is [CH-]=CCC.[CH-]=CCC.[Cu+].[Li+]. The van der Waals surface area contributed by atoms with Crippen LogP contribution >= 0.6 is 0 Å². The quantitative estimate of drug-likeness (QED) is 0.407. The second kappa shape index (κ2) is 33.6. The summed E-state index contributed by atoms with van der Waals surface area (Å²) in [6.45, 7) is 13.8. The van der Waals surface area contributed by atoms with Crippen LogP contribution in [-0.2, 0) is 17.1 Å². The molecule has 58 valence electrons. The van der Waals surface area contributed by atoms with E-state index in [1.54, 1.807) is 12.2 Å². The molecule has 0 aromatic heterocycles. The molecular formula is C8H14CuLi. The minimum atomic E-state index is 0. The van der Waals surface area contributed by atoms with Crippen molar-refractivity contribution in [3.05, 3.63) is 25.3 Å². The predicted molar refractivity (Wildman–Crippen MR) is 38.3 cm³/mol. The van der Waals surface area contributed by atoms with Gasteiger partial charge in [-0.05, 0) is 0 Å². The Morgan fingerprint density at radius 3 is 1.10 bits per heavy atom. The molecule has 0 bridgehead atoms. The van der Waals surface area contributed by atoms with Crippen molar-refractivity contribution in [3.8, 4) is 0 Å². The van der Waals surface area contributed by atoms with E-state index in [-0.39, 0.29) is 35.9 Å². The van der Waals surface area contributed by atoms with Crippen molar-refractivity contribution < 1.29 is 35.9 Å². The number of rotatable bonds is 2. The molecule has 0 nitrogen and oxygen atoms in total. The molecule has 0 N–H and O–H groups in total. The minimum absolute atomic E-state index is 0. The molecule has 10 heavy (non-hydrogen) atoms. The number of hydrogen-bond donors (Lipinski definition) is 0. The molecule has 0 saturated heterocycles. The van der Waals surface area contributed by atoms with Crippen LogP contribution in [-0.4, -0.2) is 0 Å². The maximum Gasteiger partial charge on any atom is 1.00 e. The van der Waals surface area contributed by atoms with Gasteiger partial charge in [-0.15, -0.1) is 0 Å². The van der Waals surface area contributed by atoms with E-state index in [1.165, 1.54) is 0 Å². The molecular weight excluding hydrogens is 167 g/mol. The summed E-state index contributed by atoms with van der Waals surface area (Å²) in [5, 5.41) is 0. The third kappa shape index (κ3) is 73.6. The fraction of sp³-hybridized carbons (Fsp3) is 0.500. The molecule has 0 aromatic carbocycles. The van der Waals surface area contributed by atoms with Gasteiger partial charge in [0.05, 0.1) is 0 Å². The maximum atomic E-state index is 4.90. The van der Waals surface area contributed by atoms with Gasteiger partial charge in [-0.2, -0.15) is 0 Å². The van der Waals surface area contributed by atoms with Gasteiger partial charge in [0.15, 0.2) is 0 Å². The van der Waals surface area contributed by atoms with Crippen molar-refractivity contribution >= 4 is 0 Å². The van der Waals surface area contributed by atoms with E-state index in [0.717, 1.165) is 12.8 Å². The van der Waals surface area contributed by atoms with Crippen LogP contribution in [0.3, 0.4) is 0 Å². The monoisotopic (exact) mass is 180 g/mol. The molecule has 0 aromatic rings. The van der Waals surface area contributed by atoms with E-state index >= 15 is 0 Å². The first kappa shape index (κ1) is 22.4. The summed E-state index contributed by atoms with van der Waals surface area (Å²) in [4.78, 5) is 0. The Kier molecular flexibility index (Phi) is 75.3. The van der Waals surface area contributed by atoms with Crippen LogP contribution < -0.4 is 18.9 Å². The van der Waals surface area contributed by atoms with Crippen LogP contribution in [0, 0.1) is 13.2 Å². The zero-order valence-electron chi connectivity index (χ0n) is 7.03. The first-order valence-electron chi connectivity index (χ1n) is 2.90. The van der Waals surface area contributed by atoms with E-state index in [2.05, 4.69) is 0 Å². The molecule has 0 aliphatic rings. The van der Waals surface area contributed by atoms with Crippen molar-refractivity contribution in [2.24, 2.45) is 0 Å². The Morgan fingerprint density at radius 1 is 1.00 bits per heavy atom. The Morgan fingerprint density at radius 2 is 1.10 bits per heavy atom. The van der Waals surface area contributed by atoms with Gasteiger partial charge in [0.2, 0.25) is 0 Å². The third-order valence-electron chi connectivity index (χ3n) is 0.471. The summed E-state index contributed by atoms with van der Waals surface area (Å²) < 4.78 is 0. The van der Waals surface area contributed by atoms with Crippen LogP contribution in [0.1, 0.15) is 26.7 Å². The van der Waals surface area contributed by atoms with Gasteiger partial charge in [-0.25, -0.2) is 0 Å². The van der Waals surface area contributed by atoms with E-state index in [4.69, 9.17) is 13.2 Å². The van der Waals surface area contributed by atoms with Gasteiger partial charge in [0.1, 0.15) is 0 Å². The van der Waals surface area contributed by atoms with Crippen molar-refractivity contribution in [3.63, 3.8) is 0 Å². The van der Waals surface area contributed by atoms with Gasteiger partial charge in [-0.3, -0.25) is 12.2 Å². The second-order valence-electron chi connectivity index (χ2n) is 1.29. The van der Waals surface area contributed by atoms with Gasteiger partial charge in [0, 0.05) is 0 Å². The number of allylic oxidation sites excluding steroid dienone is 2. The van der Waals surface area contributed by atoms with Crippen molar-refractivity contribution in [2.75, 3.05) is 0 Å². The Labute approximate surface area is 87.8 Å². The second-order valence-corrected chi connectivity index (χ2v) is 1.29. The van der Waals surface area contributed by atoms with Crippen molar-refractivity contribution in [2.45, 2.75) is 26.7 Å². The molecule has 0 fully saturated rings. The maximum absolute atomic E-state index is 4.90. The standard InChI is InChI=1S/2C4H7.Cu.Li/c2*1-3-4-2;;/h2*1,3H,4H2,2H3;;/q2*-1;2*+1. The first-order valence-corrected chi connectivity index (χ1v) is 2.90. The zero-order valence-corrected chi connectivity index (χ0v) is 7.97. The molecule has 0 heterocycles. The van der Waals surface area contributed by atoms with E-state index < -0.39 is 0 Å². The van der Waals surface area contributed by atoms with E-state index in [9.17, 15) is 0 Å². The van der Waals surface area contributed by atoms with Crippen molar-refractivity contribution in [1.29, 1.82) is 0 Å². The fourth-order valence-corrected chi connectivity index (χ4v) is 0. The summed E-state index contributed by atoms with van der Waals surface area (Å²) in [5.41, 5.74) is 0.